The SMILES string of the molecule is CCC1(C)NC(=O)C(C)N(Cc2ccc(F)cc2Br)C1=O. The first-order chi connectivity index (χ1) is 9.78. The molecule has 1 aromatic rings. The van der Waals surface area contributed by atoms with Crippen LogP contribution in [0.15, 0.2) is 22.7 Å². The van der Waals surface area contributed by atoms with E-state index in [1.54, 1.807) is 24.8 Å². The third kappa shape index (κ3) is 2.95. The van der Waals surface area contributed by atoms with Crippen LogP contribution in [0, 0.1) is 5.82 Å². The van der Waals surface area contributed by atoms with Crippen molar-refractivity contribution in [1.29, 1.82) is 0 Å². The van der Waals surface area contributed by atoms with E-state index in [0.29, 0.717) is 10.9 Å². The van der Waals surface area contributed by atoms with Gasteiger partial charge in [-0.1, -0.05) is 28.9 Å². The van der Waals surface area contributed by atoms with Crippen molar-refractivity contribution in [2.75, 3.05) is 0 Å². The first-order valence-electron chi connectivity index (χ1n) is 6.85. The molecule has 1 N–H and O–H groups in total. The van der Waals surface area contributed by atoms with E-state index in [2.05, 4.69) is 21.2 Å². The Morgan fingerprint density at radius 3 is 2.67 bits per heavy atom. The molecule has 0 bridgehead atoms. The first kappa shape index (κ1) is 15.9. The summed E-state index contributed by atoms with van der Waals surface area (Å²) in [5, 5.41) is 2.78. The van der Waals surface area contributed by atoms with Crippen molar-refractivity contribution in [3.8, 4) is 0 Å². The molecule has 6 heteroatoms. The monoisotopic (exact) mass is 356 g/mol. The Kier molecular flexibility index (Phi) is 4.37. The lowest BCUT2D eigenvalue weighted by Gasteiger charge is -2.43. The molecule has 1 heterocycles. The summed E-state index contributed by atoms with van der Waals surface area (Å²) in [6.07, 6.45) is 0.519. The van der Waals surface area contributed by atoms with Gasteiger partial charge in [0.25, 0.3) is 0 Å². The maximum atomic E-state index is 13.1. The predicted octanol–water partition coefficient (Wildman–Crippen LogP) is 2.60. The summed E-state index contributed by atoms with van der Waals surface area (Å²) in [7, 11) is 0. The lowest BCUT2D eigenvalue weighted by molar-refractivity contribution is -0.154. The summed E-state index contributed by atoms with van der Waals surface area (Å²) in [5.74, 6) is -0.634. The number of hydrogen-bond donors (Lipinski definition) is 1. The molecule has 2 amide bonds. The molecule has 1 aliphatic heterocycles. The molecule has 0 spiro atoms. The lowest BCUT2D eigenvalue weighted by Crippen LogP contribution is -2.68. The van der Waals surface area contributed by atoms with E-state index in [0.717, 1.165) is 5.56 Å². The summed E-state index contributed by atoms with van der Waals surface area (Å²) in [6.45, 7) is 5.55. The molecule has 114 valence electrons. The van der Waals surface area contributed by atoms with Crippen molar-refractivity contribution >= 4 is 27.7 Å². The zero-order valence-corrected chi connectivity index (χ0v) is 13.8. The Labute approximate surface area is 131 Å². The minimum Gasteiger partial charge on any atom is -0.340 e. The Hall–Kier alpha value is -1.43. The maximum Gasteiger partial charge on any atom is 0.249 e. The first-order valence-corrected chi connectivity index (χ1v) is 7.65. The van der Waals surface area contributed by atoms with E-state index < -0.39 is 11.6 Å². The minimum atomic E-state index is -0.879. The van der Waals surface area contributed by atoms with Crippen molar-refractivity contribution in [2.45, 2.75) is 45.3 Å². The van der Waals surface area contributed by atoms with Crippen LogP contribution in [0.1, 0.15) is 32.8 Å². The fourth-order valence-corrected chi connectivity index (χ4v) is 2.82. The molecule has 0 saturated carbocycles. The van der Waals surface area contributed by atoms with Gasteiger partial charge in [-0.3, -0.25) is 9.59 Å². The molecule has 1 saturated heterocycles. The van der Waals surface area contributed by atoms with Gasteiger partial charge >= 0.3 is 0 Å². The molecule has 0 radical (unpaired) electrons. The molecule has 1 aromatic carbocycles. The largest absolute Gasteiger partial charge is 0.340 e. The topological polar surface area (TPSA) is 49.4 Å². The van der Waals surface area contributed by atoms with Gasteiger partial charge in [-0.25, -0.2) is 4.39 Å². The van der Waals surface area contributed by atoms with E-state index in [9.17, 15) is 14.0 Å². The van der Waals surface area contributed by atoms with Gasteiger partial charge in [0.15, 0.2) is 0 Å². The molecule has 0 aliphatic carbocycles. The highest BCUT2D eigenvalue weighted by molar-refractivity contribution is 9.10. The Bertz CT molecular complexity index is 593. The van der Waals surface area contributed by atoms with Crippen LogP contribution >= 0.6 is 15.9 Å². The summed E-state index contributed by atoms with van der Waals surface area (Å²) in [5.41, 5.74) is -0.111. The fraction of sp³-hybridized carbons (Fsp3) is 0.467. The second-order valence-electron chi connectivity index (χ2n) is 5.52. The zero-order valence-electron chi connectivity index (χ0n) is 12.2. The van der Waals surface area contributed by atoms with E-state index >= 15 is 0 Å². The van der Waals surface area contributed by atoms with Crippen LogP contribution in [0.25, 0.3) is 0 Å². The Morgan fingerprint density at radius 1 is 1.43 bits per heavy atom. The van der Waals surface area contributed by atoms with Crippen LogP contribution in [0.4, 0.5) is 4.39 Å². The van der Waals surface area contributed by atoms with Gasteiger partial charge in [-0.2, -0.15) is 0 Å². The molecule has 2 unspecified atom stereocenters. The van der Waals surface area contributed by atoms with Gasteiger partial charge in [-0.05, 0) is 38.0 Å². The average Bonchev–Trinajstić information content (AvgIpc) is 2.43. The molecular formula is C15H18BrFN2O2. The Balaban J connectivity index is 2.31. The summed E-state index contributed by atoms with van der Waals surface area (Å²) in [6, 6.07) is 3.77. The number of halogens is 2. The predicted molar refractivity (Wildman–Crippen MR) is 81.0 cm³/mol. The van der Waals surface area contributed by atoms with E-state index in [1.807, 2.05) is 6.92 Å². The third-order valence-electron chi connectivity index (χ3n) is 4.04. The zero-order chi connectivity index (χ0) is 15.8. The van der Waals surface area contributed by atoms with Crippen LogP contribution in [0.5, 0.6) is 0 Å². The van der Waals surface area contributed by atoms with Crippen molar-refractivity contribution in [3.63, 3.8) is 0 Å². The number of nitrogens with zero attached hydrogens (tertiary/aromatic N) is 1. The molecular weight excluding hydrogens is 339 g/mol. The van der Waals surface area contributed by atoms with E-state index in [4.69, 9.17) is 0 Å². The average molecular weight is 357 g/mol. The minimum absolute atomic E-state index is 0.117. The lowest BCUT2D eigenvalue weighted by atomic mass is 9.92. The molecule has 1 fully saturated rings. The number of carbonyl (C=O) groups excluding carboxylic acids is 2. The van der Waals surface area contributed by atoms with Gasteiger partial charge in [-0.15, -0.1) is 0 Å². The highest BCUT2D eigenvalue weighted by atomic mass is 79.9. The highest BCUT2D eigenvalue weighted by Gasteiger charge is 2.45. The number of nitrogens with one attached hydrogen (secondary N) is 1. The highest BCUT2D eigenvalue weighted by Crippen LogP contribution is 2.26. The van der Waals surface area contributed by atoms with Crippen LogP contribution < -0.4 is 5.32 Å². The number of hydrogen-bond acceptors (Lipinski definition) is 2. The summed E-state index contributed by atoms with van der Waals surface area (Å²) < 4.78 is 13.7. The number of piperazine rings is 1. The smallest absolute Gasteiger partial charge is 0.249 e. The maximum absolute atomic E-state index is 13.1. The van der Waals surface area contributed by atoms with E-state index in [-0.39, 0.29) is 24.2 Å². The quantitative estimate of drug-likeness (QED) is 0.904. The second-order valence-corrected chi connectivity index (χ2v) is 6.37. The molecule has 0 aromatic heterocycles. The Morgan fingerprint density at radius 2 is 2.10 bits per heavy atom. The van der Waals surface area contributed by atoms with Crippen molar-refractivity contribution in [2.24, 2.45) is 0 Å². The van der Waals surface area contributed by atoms with Gasteiger partial charge in [0.05, 0.1) is 0 Å². The van der Waals surface area contributed by atoms with Gasteiger partial charge in [0, 0.05) is 11.0 Å². The fourth-order valence-electron chi connectivity index (χ4n) is 2.35. The number of benzene rings is 1. The number of amides is 2. The van der Waals surface area contributed by atoms with Crippen LogP contribution in [0.3, 0.4) is 0 Å². The summed E-state index contributed by atoms with van der Waals surface area (Å²) >= 11 is 3.30. The molecule has 4 nitrogen and oxygen atoms in total. The van der Waals surface area contributed by atoms with Crippen molar-refractivity contribution in [1.82, 2.24) is 10.2 Å². The number of rotatable bonds is 3. The van der Waals surface area contributed by atoms with Gasteiger partial charge < -0.3 is 10.2 Å². The van der Waals surface area contributed by atoms with Crippen molar-refractivity contribution < 1.29 is 14.0 Å². The summed E-state index contributed by atoms with van der Waals surface area (Å²) in [4.78, 5) is 26.3. The molecule has 21 heavy (non-hydrogen) atoms. The molecule has 1 aliphatic rings. The number of carbonyl (C=O) groups is 2. The van der Waals surface area contributed by atoms with E-state index in [1.165, 1.54) is 12.1 Å². The third-order valence-corrected chi connectivity index (χ3v) is 4.78. The molecule has 2 rings (SSSR count). The second kappa shape index (κ2) is 5.75. The van der Waals surface area contributed by atoms with Crippen LogP contribution in [0.2, 0.25) is 0 Å². The van der Waals surface area contributed by atoms with Crippen molar-refractivity contribution in [3.05, 3.63) is 34.1 Å². The van der Waals surface area contributed by atoms with Gasteiger partial charge in [0.1, 0.15) is 17.4 Å². The van der Waals surface area contributed by atoms with Crippen LogP contribution in [-0.2, 0) is 16.1 Å². The standard InChI is InChI=1S/C15H18BrFN2O2/c1-4-15(3)14(21)19(9(2)13(20)18-15)8-10-5-6-11(17)7-12(10)16/h5-7,9H,4,8H2,1-3H3,(H,18,20). The molecule has 2 atom stereocenters. The van der Waals surface area contributed by atoms with Crippen LogP contribution in [-0.4, -0.2) is 28.3 Å². The van der Waals surface area contributed by atoms with Gasteiger partial charge in [0.2, 0.25) is 11.8 Å². The normalized spacial score (nSPS) is 26.0.